The molecule has 0 spiro atoms. The summed E-state index contributed by atoms with van der Waals surface area (Å²) in [4.78, 5) is 24.0. The predicted octanol–water partition coefficient (Wildman–Crippen LogP) is 3.49. The van der Waals surface area contributed by atoms with E-state index in [1.165, 1.54) is 19.1 Å². The average Bonchev–Trinajstić information content (AvgIpc) is 2.55. The summed E-state index contributed by atoms with van der Waals surface area (Å²) in [5.74, 6) is -1.53. The molecular weight excluding hydrogens is 377 g/mol. The number of nitrogens with one attached hydrogen (secondary N) is 1. The van der Waals surface area contributed by atoms with Gasteiger partial charge in [-0.25, -0.2) is 9.18 Å². The first kappa shape index (κ1) is 18.1. The van der Waals surface area contributed by atoms with Gasteiger partial charge in [-0.05, 0) is 53.0 Å². The Balaban J connectivity index is 1.83. The van der Waals surface area contributed by atoms with Gasteiger partial charge in [-0.15, -0.1) is 0 Å². The summed E-state index contributed by atoms with van der Waals surface area (Å²) < 4.78 is 18.4. The van der Waals surface area contributed by atoms with Gasteiger partial charge in [0.2, 0.25) is 0 Å². The van der Waals surface area contributed by atoms with Crippen LogP contribution in [0.1, 0.15) is 22.8 Å². The second-order valence-corrected chi connectivity index (χ2v) is 6.05. The molecule has 2 aromatic rings. The quantitative estimate of drug-likeness (QED) is 0.764. The van der Waals surface area contributed by atoms with Gasteiger partial charge in [0.25, 0.3) is 5.91 Å². The smallest absolute Gasteiger partial charge is 0.340 e. The molecule has 0 saturated carbocycles. The lowest BCUT2D eigenvalue weighted by atomic mass is 10.1. The van der Waals surface area contributed by atoms with E-state index < -0.39 is 17.9 Å². The Labute approximate surface area is 148 Å². The minimum atomic E-state index is -0.940. The fraction of sp³-hybridized carbons (Fsp3) is 0.222. The molecule has 24 heavy (non-hydrogen) atoms. The molecule has 0 aliphatic heterocycles. The standard InChI is InChI=1S/C18H17BrFNO3/c1-12(17(22)21-10-9-13-5-3-2-4-6-13)24-18(23)15-8-7-14(20)11-16(15)19/h2-8,11-12H,9-10H2,1H3,(H,21,22)/t12-/m1/s1. The normalized spacial score (nSPS) is 11.6. The maximum atomic E-state index is 13.0. The molecule has 4 nitrogen and oxygen atoms in total. The molecule has 0 aliphatic carbocycles. The maximum Gasteiger partial charge on any atom is 0.340 e. The summed E-state index contributed by atoms with van der Waals surface area (Å²) in [5.41, 5.74) is 1.28. The Bertz CT molecular complexity index is 721. The fourth-order valence-electron chi connectivity index (χ4n) is 2.05. The number of hydrogen-bond donors (Lipinski definition) is 1. The van der Waals surface area contributed by atoms with Crippen LogP contribution in [0.25, 0.3) is 0 Å². The Kier molecular flexibility index (Phi) is 6.49. The zero-order chi connectivity index (χ0) is 17.5. The number of rotatable bonds is 6. The van der Waals surface area contributed by atoms with Crippen molar-refractivity contribution in [3.05, 3.63) is 69.9 Å². The van der Waals surface area contributed by atoms with Gasteiger partial charge in [0.05, 0.1) is 5.56 Å². The number of carbonyl (C=O) groups is 2. The highest BCUT2D eigenvalue weighted by molar-refractivity contribution is 9.10. The maximum absolute atomic E-state index is 13.0. The summed E-state index contributed by atoms with van der Waals surface area (Å²) >= 11 is 3.10. The number of benzene rings is 2. The van der Waals surface area contributed by atoms with Gasteiger partial charge in [-0.2, -0.15) is 0 Å². The van der Waals surface area contributed by atoms with Crippen LogP contribution in [-0.2, 0) is 16.0 Å². The fourth-order valence-corrected chi connectivity index (χ4v) is 2.56. The molecule has 126 valence electrons. The van der Waals surface area contributed by atoms with Gasteiger partial charge in [0.1, 0.15) is 5.82 Å². The topological polar surface area (TPSA) is 55.4 Å². The van der Waals surface area contributed by atoms with E-state index in [1.54, 1.807) is 0 Å². The van der Waals surface area contributed by atoms with Crippen LogP contribution in [0.3, 0.4) is 0 Å². The van der Waals surface area contributed by atoms with Crippen LogP contribution in [0, 0.1) is 5.82 Å². The van der Waals surface area contributed by atoms with E-state index >= 15 is 0 Å². The lowest BCUT2D eigenvalue weighted by Gasteiger charge is -2.14. The molecule has 2 aromatic carbocycles. The minimum absolute atomic E-state index is 0.167. The molecule has 0 aliphatic rings. The van der Waals surface area contributed by atoms with Crippen LogP contribution in [0.4, 0.5) is 4.39 Å². The van der Waals surface area contributed by atoms with Crippen molar-refractivity contribution >= 4 is 27.8 Å². The Morgan fingerprint density at radius 1 is 1.21 bits per heavy atom. The molecule has 0 radical (unpaired) electrons. The summed E-state index contributed by atoms with van der Waals surface area (Å²) in [6, 6.07) is 13.4. The van der Waals surface area contributed by atoms with Crippen molar-refractivity contribution in [2.45, 2.75) is 19.4 Å². The number of esters is 1. The van der Waals surface area contributed by atoms with Crippen LogP contribution < -0.4 is 5.32 Å². The highest BCUT2D eigenvalue weighted by Crippen LogP contribution is 2.19. The second-order valence-electron chi connectivity index (χ2n) is 5.20. The Hall–Kier alpha value is -2.21. The minimum Gasteiger partial charge on any atom is -0.449 e. The third-order valence-corrected chi connectivity index (χ3v) is 4.02. The number of carbonyl (C=O) groups excluding carboxylic acids is 2. The van der Waals surface area contributed by atoms with Gasteiger partial charge in [0, 0.05) is 11.0 Å². The molecule has 1 amide bonds. The van der Waals surface area contributed by atoms with E-state index in [4.69, 9.17) is 4.74 Å². The molecule has 0 unspecified atom stereocenters. The summed E-state index contributed by atoms with van der Waals surface area (Å²) in [6.45, 7) is 1.94. The molecule has 6 heteroatoms. The first-order chi connectivity index (χ1) is 11.5. The van der Waals surface area contributed by atoms with E-state index in [9.17, 15) is 14.0 Å². The third-order valence-electron chi connectivity index (χ3n) is 3.36. The molecule has 0 saturated heterocycles. The molecule has 1 atom stereocenters. The average molecular weight is 394 g/mol. The highest BCUT2D eigenvalue weighted by atomic mass is 79.9. The van der Waals surface area contributed by atoms with Crippen LogP contribution in [0.15, 0.2) is 53.0 Å². The number of halogens is 2. The zero-order valence-electron chi connectivity index (χ0n) is 13.1. The highest BCUT2D eigenvalue weighted by Gasteiger charge is 2.20. The Morgan fingerprint density at radius 2 is 1.92 bits per heavy atom. The van der Waals surface area contributed by atoms with Crippen LogP contribution in [0.5, 0.6) is 0 Å². The van der Waals surface area contributed by atoms with Crippen molar-refractivity contribution in [3.63, 3.8) is 0 Å². The largest absolute Gasteiger partial charge is 0.449 e. The van der Waals surface area contributed by atoms with Gasteiger partial charge in [0.15, 0.2) is 6.10 Å². The number of amides is 1. The van der Waals surface area contributed by atoms with Gasteiger partial charge >= 0.3 is 5.97 Å². The molecule has 1 N–H and O–H groups in total. The predicted molar refractivity (Wildman–Crippen MR) is 92.1 cm³/mol. The molecule has 2 rings (SSSR count). The molecule has 0 heterocycles. The van der Waals surface area contributed by atoms with Crippen LogP contribution in [0.2, 0.25) is 0 Å². The van der Waals surface area contributed by atoms with Crippen molar-refractivity contribution in [2.75, 3.05) is 6.54 Å². The lowest BCUT2D eigenvalue weighted by Crippen LogP contribution is -2.37. The van der Waals surface area contributed by atoms with Gasteiger partial charge in [-0.1, -0.05) is 30.3 Å². The van der Waals surface area contributed by atoms with Crippen molar-refractivity contribution in [2.24, 2.45) is 0 Å². The monoisotopic (exact) mass is 393 g/mol. The first-order valence-corrected chi connectivity index (χ1v) is 8.24. The molecule has 0 fully saturated rings. The Morgan fingerprint density at radius 3 is 2.58 bits per heavy atom. The summed E-state index contributed by atoms with van der Waals surface area (Å²) in [7, 11) is 0. The third kappa shape index (κ3) is 5.16. The first-order valence-electron chi connectivity index (χ1n) is 7.45. The van der Waals surface area contributed by atoms with E-state index in [-0.39, 0.29) is 15.9 Å². The summed E-state index contributed by atoms with van der Waals surface area (Å²) in [5, 5.41) is 2.72. The second kappa shape index (κ2) is 8.59. The molecule has 0 aromatic heterocycles. The number of ether oxygens (including phenoxy) is 1. The van der Waals surface area contributed by atoms with E-state index in [0.717, 1.165) is 11.6 Å². The van der Waals surface area contributed by atoms with Crippen molar-refractivity contribution < 1.29 is 18.7 Å². The van der Waals surface area contributed by atoms with Crippen molar-refractivity contribution in [1.82, 2.24) is 5.32 Å². The summed E-state index contributed by atoms with van der Waals surface area (Å²) in [6.07, 6.45) is -0.248. The van der Waals surface area contributed by atoms with E-state index in [1.807, 2.05) is 30.3 Å². The van der Waals surface area contributed by atoms with Gasteiger partial charge < -0.3 is 10.1 Å². The SMILES string of the molecule is C[C@@H](OC(=O)c1ccc(F)cc1Br)C(=O)NCCc1ccccc1. The van der Waals surface area contributed by atoms with Crippen LogP contribution >= 0.6 is 15.9 Å². The van der Waals surface area contributed by atoms with Crippen molar-refractivity contribution in [3.8, 4) is 0 Å². The van der Waals surface area contributed by atoms with E-state index in [2.05, 4.69) is 21.2 Å². The molecular formula is C18H17BrFNO3. The van der Waals surface area contributed by atoms with Crippen molar-refractivity contribution in [1.29, 1.82) is 0 Å². The lowest BCUT2D eigenvalue weighted by molar-refractivity contribution is -0.129. The number of hydrogen-bond acceptors (Lipinski definition) is 3. The molecule has 0 bridgehead atoms. The van der Waals surface area contributed by atoms with Gasteiger partial charge in [-0.3, -0.25) is 4.79 Å². The van der Waals surface area contributed by atoms with E-state index in [0.29, 0.717) is 13.0 Å². The zero-order valence-corrected chi connectivity index (χ0v) is 14.7. The van der Waals surface area contributed by atoms with Crippen LogP contribution in [-0.4, -0.2) is 24.5 Å².